The maximum Gasteiger partial charge on any atom is 0.227 e. The second kappa shape index (κ2) is 8.97. The molecule has 6 nitrogen and oxygen atoms in total. The molecule has 1 saturated heterocycles. The average molecular weight is 384 g/mol. The maximum absolute atomic E-state index is 12.9. The van der Waals surface area contributed by atoms with Gasteiger partial charge in [-0.05, 0) is 42.4 Å². The van der Waals surface area contributed by atoms with Crippen molar-refractivity contribution in [3.8, 4) is 17.2 Å². The number of rotatable bonds is 6. The van der Waals surface area contributed by atoms with Crippen LogP contribution in [0.2, 0.25) is 0 Å². The summed E-state index contributed by atoms with van der Waals surface area (Å²) in [5.74, 6) is 2.35. The van der Waals surface area contributed by atoms with E-state index in [0.29, 0.717) is 24.5 Å². The molecular formula is C22H28N2O4. The quantitative estimate of drug-likeness (QED) is 0.767. The Morgan fingerprint density at radius 3 is 2.32 bits per heavy atom. The number of amides is 1. The van der Waals surface area contributed by atoms with Crippen molar-refractivity contribution < 1.29 is 19.0 Å². The summed E-state index contributed by atoms with van der Waals surface area (Å²) in [4.78, 5) is 17.1. The van der Waals surface area contributed by atoms with Gasteiger partial charge in [-0.3, -0.25) is 9.69 Å². The van der Waals surface area contributed by atoms with Gasteiger partial charge >= 0.3 is 0 Å². The first-order valence-corrected chi connectivity index (χ1v) is 9.38. The highest BCUT2D eigenvalue weighted by molar-refractivity contribution is 5.79. The summed E-state index contributed by atoms with van der Waals surface area (Å²) in [6.07, 6.45) is 0.395. The molecule has 28 heavy (non-hydrogen) atoms. The monoisotopic (exact) mass is 384 g/mol. The van der Waals surface area contributed by atoms with Crippen molar-refractivity contribution in [2.75, 3.05) is 48.0 Å². The SMILES string of the molecule is COc1ccc(CC(=O)N2CCN(C)C(c3ccc(OC)c(OC)c3)C2)cc1. The minimum Gasteiger partial charge on any atom is -0.497 e. The third kappa shape index (κ3) is 4.39. The van der Waals surface area contributed by atoms with Crippen molar-refractivity contribution in [1.29, 1.82) is 0 Å². The minimum atomic E-state index is 0.119. The summed E-state index contributed by atoms with van der Waals surface area (Å²) < 4.78 is 16.0. The number of methoxy groups -OCH3 is 3. The predicted molar refractivity (Wildman–Crippen MR) is 108 cm³/mol. The van der Waals surface area contributed by atoms with Crippen LogP contribution in [0.5, 0.6) is 17.2 Å². The zero-order chi connectivity index (χ0) is 20.1. The molecule has 1 heterocycles. The van der Waals surface area contributed by atoms with Crippen LogP contribution >= 0.6 is 0 Å². The topological polar surface area (TPSA) is 51.2 Å². The van der Waals surface area contributed by atoms with Crippen molar-refractivity contribution in [3.05, 3.63) is 53.6 Å². The summed E-state index contributed by atoms with van der Waals surface area (Å²) >= 11 is 0. The van der Waals surface area contributed by atoms with Crippen LogP contribution in [0.25, 0.3) is 0 Å². The van der Waals surface area contributed by atoms with E-state index in [2.05, 4.69) is 11.9 Å². The lowest BCUT2D eigenvalue weighted by molar-refractivity contribution is -0.133. The molecule has 0 N–H and O–H groups in total. The Kier molecular flexibility index (Phi) is 6.41. The molecule has 6 heteroatoms. The van der Waals surface area contributed by atoms with Gasteiger partial charge in [0.2, 0.25) is 5.91 Å². The lowest BCUT2D eigenvalue weighted by Crippen LogP contribution is -2.49. The van der Waals surface area contributed by atoms with Gasteiger partial charge in [-0.15, -0.1) is 0 Å². The molecule has 0 saturated carbocycles. The van der Waals surface area contributed by atoms with Crippen LogP contribution in [0.4, 0.5) is 0 Å². The minimum absolute atomic E-state index is 0.119. The van der Waals surface area contributed by atoms with Crippen LogP contribution in [0.15, 0.2) is 42.5 Å². The molecular weight excluding hydrogens is 356 g/mol. The second-order valence-electron chi connectivity index (χ2n) is 6.98. The van der Waals surface area contributed by atoms with Crippen molar-refractivity contribution in [3.63, 3.8) is 0 Å². The van der Waals surface area contributed by atoms with Gasteiger partial charge in [-0.1, -0.05) is 18.2 Å². The number of nitrogens with zero attached hydrogens (tertiary/aromatic N) is 2. The average Bonchev–Trinajstić information content (AvgIpc) is 2.74. The third-order valence-electron chi connectivity index (χ3n) is 5.31. The van der Waals surface area contributed by atoms with Gasteiger partial charge < -0.3 is 19.1 Å². The van der Waals surface area contributed by atoms with Crippen LogP contribution in [0, 0.1) is 0 Å². The van der Waals surface area contributed by atoms with Gasteiger partial charge in [-0.25, -0.2) is 0 Å². The highest BCUT2D eigenvalue weighted by Crippen LogP contribution is 2.33. The van der Waals surface area contributed by atoms with E-state index in [4.69, 9.17) is 14.2 Å². The van der Waals surface area contributed by atoms with Gasteiger partial charge in [-0.2, -0.15) is 0 Å². The highest BCUT2D eigenvalue weighted by Gasteiger charge is 2.29. The fourth-order valence-corrected chi connectivity index (χ4v) is 3.55. The van der Waals surface area contributed by atoms with Crippen LogP contribution < -0.4 is 14.2 Å². The van der Waals surface area contributed by atoms with E-state index in [1.54, 1.807) is 21.3 Å². The third-order valence-corrected chi connectivity index (χ3v) is 5.31. The van der Waals surface area contributed by atoms with Crippen molar-refractivity contribution in [1.82, 2.24) is 9.80 Å². The molecule has 1 fully saturated rings. The number of hydrogen-bond donors (Lipinski definition) is 0. The van der Waals surface area contributed by atoms with Crippen molar-refractivity contribution >= 4 is 5.91 Å². The molecule has 150 valence electrons. The second-order valence-corrected chi connectivity index (χ2v) is 6.98. The van der Waals surface area contributed by atoms with Gasteiger partial charge in [0.1, 0.15) is 5.75 Å². The normalized spacial score (nSPS) is 17.3. The standard InChI is InChI=1S/C22H28N2O4/c1-23-11-12-24(22(25)13-16-5-8-18(26-2)9-6-16)15-19(23)17-7-10-20(27-3)21(14-17)28-4/h5-10,14,19H,11-13,15H2,1-4H3. The van der Waals surface area contributed by atoms with Gasteiger partial charge in [0.15, 0.2) is 11.5 Å². The van der Waals surface area contributed by atoms with E-state index < -0.39 is 0 Å². The summed E-state index contributed by atoms with van der Waals surface area (Å²) in [5, 5.41) is 0. The first-order valence-electron chi connectivity index (χ1n) is 9.38. The summed E-state index contributed by atoms with van der Waals surface area (Å²) in [6.45, 7) is 2.21. The van der Waals surface area contributed by atoms with E-state index in [0.717, 1.165) is 30.0 Å². The zero-order valence-electron chi connectivity index (χ0n) is 17.0. The molecule has 1 atom stereocenters. The van der Waals surface area contributed by atoms with E-state index >= 15 is 0 Å². The molecule has 1 unspecified atom stereocenters. The van der Waals surface area contributed by atoms with E-state index in [9.17, 15) is 4.79 Å². The van der Waals surface area contributed by atoms with Gasteiger partial charge in [0, 0.05) is 19.6 Å². The number of benzene rings is 2. The van der Waals surface area contributed by atoms with E-state index in [1.807, 2.05) is 47.4 Å². The summed E-state index contributed by atoms with van der Waals surface area (Å²) in [7, 11) is 6.99. The smallest absolute Gasteiger partial charge is 0.227 e. The fraction of sp³-hybridized carbons (Fsp3) is 0.409. The Hall–Kier alpha value is -2.73. The number of carbonyl (C=O) groups excluding carboxylic acids is 1. The molecule has 1 aliphatic heterocycles. The lowest BCUT2D eigenvalue weighted by atomic mass is 10.0. The molecule has 0 aliphatic carbocycles. The Labute approximate surface area is 166 Å². The first-order chi connectivity index (χ1) is 13.5. The molecule has 0 aromatic heterocycles. The Morgan fingerprint density at radius 1 is 0.964 bits per heavy atom. The summed E-state index contributed by atoms with van der Waals surface area (Å²) in [6, 6.07) is 13.7. The van der Waals surface area contributed by atoms with E-state index in [-0.39, 0.29) is 11.9 Å². The number of piperazine rings is 1. The molecule has 1 amide bonds. The maximum atomic E-state index is 12.9. The van der Waals surface area contributed by atoms with Crippen molar-refractivity contribution in [2.45, 2.75) is 12.5 Å². The molecule has 0 spiro atoms. The first kappa shape index (κ1) is 20.0. The number of likely N-dealkylation sites (N-methyl/N-ethyl adjacent to an activating group) is 1. The molecule has 1 aliphatic rings. The van der Waals surface area contributed by atoms with Crippen LogP contribution in [0.1, 0.15) is 17.2 Å². The number of hydrogen-bond acceptors (Lipinski definition) is 5. The zero-order valence-corrected chi connectivity index (χ0v) is 17.0. The van der Waals surface area contributed by atoms with Gasteiger partial charge in [0.05, 0.1) is 33.8 Å². The molecule has 3 rings (SSSR count). The van der Waals surface area contributed by atoms with E-state index in [1.165, 1.54) is 0 Å². The Morgan fingerprint density at radius 2 is 1.68 bits per heavy atom. The predicted octanol–water partition coefficient (Wildman–Crippen LogP) is 2.77. The van der Waals surface area contributed by atoms with Crippen molar-refractivity contribution in [2.24, 2.45) is 0 Å². The fourth-order valence-electron chi connectivity index (χ4n) is 3.55. The van der Waals surface area contributed by atoms with Crippen LogP contribution in [-0.4, -0.2) is 63.7 Å². The highest BCUT2D eigenvalue weighted by atomic mass is 16.5. The number of ether oxygens (including phenoxy) is 3. The van der Waals surface area contributed by atoms with Crippen LogP contribution in [0.3, 0.4) is 0 Å². The lowest BCUT2D eigenvalue weighted by Gasteiger charge is -2.40. The van der Waals surface area contributed by atoms with Crippen LogP contribution in [-0.2, 0) is 11.2 Å². The largest absolute Gasteiger partial charge is 0.497 e. The Balaban J connectivity index is 1.72. The molecule has 2 aromatic rings. The Bertz CT molecular complexity index is 807. The molecule has 0 radical (unpaired) electrons. The number of carbonyl (C=O) groups is 1. The van der Waals surface area contributed by atoms with Gasteiger partial charge in [0.25, 0.3) is 0 Å². The molecule has 2 aromatic carbocycles. The summed E-state index contributed by atoms with van der Waals surface area (Å²) in [5.41, 5.74) is 2.11. The molecule has 0 bridgehead atoms.